The van der Waals surface area contributed by atoms with Crippen LogP contribution in [0.25, 0.3) is 0 Å². The first-order valence-corrected chi connectivity index (χ1v) is 6.49. The Morgan fingerprint density at radius 3 is 2.94 bits per heavy atom. The summed E-state index contributed by atoms with van der Waals surface area (Å²) >= 11 is 0. The summed E-state index contributed by atoms with van der Waals surface area (Å²) in [6.07, 6.45) is 4.03. The number of anilines is 1. The van der Waals surface area contributed by atoms with Gasteiger partial charge < -0.3 is 15.7 Å². The molecule has 18 heavy (non-hydrogen) atoms. The van der Waals surface area contributed by atoms with E-state index in [9.17, 15) is 4.79 Å². The lowest BCUT2D eigenvalue weighted by molar-refractivity contribution is 0.241. The van der Waals surface area contributed by atoms with Crippen molar-refractivity contribution in [3.63, 3.8) is 0 Å². The highest BCUT2D eigenvalue weighted by molar-refractivity contribution is 5.89. The lowest BCUT2D eigenvalue weighted by atomic mass is 10.1. The minimum absolute atomic E-state index is 0.0237. The lowest BCUT2D eigenvalue weighted by Crippen LogP contribution is -2.36. The van der Waals surface area contributed by atoms with Crippen LogP contribution in [0.15, 0.2) is 18.2 Å². The SMILES string of the molecule is C[C@H](CCO)NC(=O)Nc1ccc2c(c1)CCC2. The Hall–Kier alpha value is -1.55. The molecular formula is C14H20N2O2. The van der Waals surface area contributed by atoms with Crippen molar-refractivity contribution in [2.75, 3.05) is 11.9 Å². The average molecular weight is 248 g/mol. The van der Waals surface area contributed by atoms with E-state index in [0.29, 0.717) is 6.42 Å². The van der Waals surface area contributed by atoms with Gasteiger partial charge in [0, 0.05) is 18.3 Å². The Morgan fingerprint density at radius 1 is 1.39 bits per heavy atom. The molecule has 0 unspecified atom stereocenters. The molecule has 3 N–H and O–H groups in total. The Labute approximate surface area is 107 Å². The van der Waals surface area contributed by atoms with Crippen molar-refractivity contribution < 1.29 is 9.90 Å². The van der Waals surface area contributed by atoms with Crippen molar-refractivity contribution in [2.24, 2.45) is 0 Å². The second-order valence-corrected chi connectivity index (χ2v) is 4.85. The van der Waals surface area contributed by atoms with E-state index in [0.717, 1.165) is 18.5 Å². The summed E-state index contributed by atoms with van der Waals surface area (Å²) in [5, 5.41) is 14.4. The van der Waals surface area contributed by atoms with E-state index in [1.54, 1.807) is 0 Å². The standard InChI is InChI=1S/C14H20N2O2/c1-10(7-8-17)15-14(18)16-13-6-5-11-3-2-4-12(11)9-13/h5-6,9-10,17H,2-4,7-8H2,1H3,(H2,15,16,18)/t10-/m1/s1. The quantitative estimate of drug-likeness (QED) is 0.764. The zero-order valence-corrected chi connectivity index (χ0v) is 10.7. The van der Waals surface area contributed by atoms with Gasteiger partial charge in [-0.05, 0) is 55.9 Å². The second-order valence-electron chi connectivity index (χ2n) is 4.85. The molecule has 1 aliphatic rings. The van der Waals surface area contributed by atoms with Crippen molar-refractivity contribution in [3.8, 4) is 0 Å². The van der Waals surface area contributed by atoms with Crippen LogP contribution in [0.1, 0.15) is 30.9 Å². The summed E-state index contributed by atoms with van der Waals surface area (Å²) in [7, 11) is 0. The summed E-state index contributed by atoms with van der Waals surface area (Å²) in [5.74, 6) is 0. The van der Waals surface area contributed by atoms with E-state index < -0.39 is 0 Å². The van der Waals surface area contributed by atoms with E-state index >= 15 is 0 Å². The van der Waals surface area contributed by atoms with E-state index in [-0.39, 0.29) is 18.7 Å². The van der Waals surface area contributed by atoms with E-state index in [4.69, 9.17) is 5.11 Å². The Balaban J connectivity index is 1.91. The van der Waals surface area contributed by atoms with Crippen LogP contribution in [0, 0.1) is 0 Å². The van der Waals surface area contributed by atoms with Crippen LogP contribution in [0.3, 0.4) is 0 Å². The van der Waals surface area contributed by atoms with Gasteiger partial charge in [-0.2, -0.15) is 0 Å². The van der Waals surface area contributed by atoms with E-state index in [2.05, 4.69) is 22.8 Å². The third-order valence-corrected chi connectivity index (χ3v) is 3.30. The maximum atomic E-state index is 11.7. The fraction of sp³-hybridized carbons (Fsp3) is 0.500. The van der Waals surface area contributed by atoms with Crippen molar-refractivity contribution >= 4 is 11.7 Å². The van der Waals surface area contributed by atoms with Gasteiger partial charge in [-0.3, -0.25) is 0 Å². The van der Waals surface area contributed by atoms with Gasteiger partial charge in [-0.25, -0.2) is 4.79 Å². The average Bonchev–Trinajstić information content (AvgIpc) is 2.76. The van der Waals surface area contributed by atoms with E-state index in [1.807, 2.05) is 13.0 Å². The summed E-state index contributed by atoms with van der Waals surface area (Å²) in [4.78, 5) is 11.7. The number of urea groups is 1. The maximum absolute atomic E-state index is 11.7. The lowest BCUT2D eigenvalue weighted by Gasteiger charge is -2.13. The molecule has 4 nitrogen and oxygen atoms in total. The summed E-state index contributed by atoms with van der Waals surface area (Å²) < 4.78 is 0. The van der Waals surface area contributed by atoms with Gasteiger partial charge in [0.15, 0.2) is 0 Å². The molecule has 0 saturated heterocycles. The van der Waals surface area contributed by atoms with E-state index in [1.165, 1.54) is 17.5 Å². The highest BCUT2D eigenvalue weighted by Gasteiger charge is 2.12. The number of rotatable bonds is 4. The monoisotopic (exact) mass is 248 g/mol. The smallest absolute Gasteiger partial charge is 0.319 e. The molecule has 1 aliphatic carbocycles. The molecule has 2 rings (SSSR count). The van der Waals surface area contributed by atoms with Crippen LogP contribution in [0.2, 0.25) is 0 Å². The topological polar surface area (TPSA) is 61.4 Å². The summed E-state index contributed by atoms with van der Waals surface area (Å²) in [6, 6.07) is 5.85. The van der Waals surface area contributed by atoms with Gasteiger partial charge >= 0.3 is 6.03 Å². The van der Waals surface area contributed by atoms with Gasteiger partial charge in [0.05, 0.1) is 0 Å². The molecule has 1 aromatic rings. The van der Waals surface area contributed by atoms with Crippen molar-refractivity contribution in [1.29, 1.82) is 0 Å². The number of nitrogens with one attached hydrogen (secondary N) is 2. The first-order chi connectivity index (χ1) is 8.69. The van der Waals surface area contributed by atoms with Crippen LogP contribution in [-0.2, 0) is 12.8 Å². The number of carbonyl (C=O) groups excluding carboxylic acids is 1. The van der Waals surface area contributed by atoms with Gasteiger partial charge in [0.25, 0.3) is 0 Å². The molecule has 2 amide bonds. The normalized spacial score (nSPS) is 15.0. The zero-order chi connectivity index (χ0) is 13.0. The third-order valence-electron chi connectivity index (χ3n) is 3.30. The highest BCUT2D eigenvalue weighted by Crippen LogP contribution is 2.24. The Kier molecular flexibility index (Phi) is 4.20. The predicted molar refractivity (Wildman–Crippen MR) is 71.8 cm³/mol. The number of aryl methyl sites for hydroxylation is 2. The highest BCUT2D eigenvalue weighted by atomic mass is 16.3. The molecule has 0 radical (unpaired) electrons. The Morgan fingerprint density at radius 2 is 2.17 bits per heavy atom. The Bertz CT molecular complexity index is 432. The first kappa shape index (κ1) is 12.9. The van der Waals surface area contributed by atoms with Gasteiger partial charge in [0.1, 0.15) is 0 Å². The summed E-state index contributed by atoms with van der Waals surface area (Å²) in [5.41, 5.74) is 3.58. The number of carbonyl (C=O) groups is 1. The van der Waals surface area contributed by atoms with Crippen LogP contribution >= 0.6 is 0 Å². The van der Waals surface area contributed by atoms with Crippen molar-refractivity contribution in [3.05, 3.63) is 29.3 Å². The zero-order valence-electron chi connectivity index (χ0n) is 10.7. The third kappa shape index (κ3) is 3.23. The molecule has 0 fully saturated rings. The first-order valence-electron chi connectivity index (χ1n) is 6.49. The minimum Gasteiger partial charge on any atom is -0.396 e. The largest absolute Gasteiger partial charge is 0.396 e. The molecule has 0 spiro atoms. The molecule has 0 bridgehead atoms. The van der Waals surface area contributed by atoms with Crippen LogP contribution in [0.4, 0.5) is 10.5 Å². The number of hydrogen-bond donors (Lipinski definition) is 3. The fourth-order valence-electron chi connectivity index (χ4n) is 2.31. The number of fused-ring (bicyclic) bond motifs is 1. The molecule has 1 aromatic carbocycles. The molecule has 0 saturated carbocycles. The molecule has 98 valence electrons. The molecule has 0 aliphatic heterocycles. The maximum Gasteiger partial charge on any atom is 0.319 e. The van der Waals surface area contributed by atoms with Crippen LogP contribution in [0.5, 0.6) is 0 Å². The number of amides is 2. The molecule has 4 heteroatoms. The van der Waals surface area contributed by atoms with Crippen molar-refractivity contribution in [1.82, 2.24) is 5.32 Å². The summed E-state index contributed by atoms with van der Waals surface area (Å²) in [6.45, 7) is 1.96. The van der Waals surface area contributed by atoms with Crippen LogP contribution < -0.4 is 10.6 Å². The van der Waals surface area contributed by atoms with Crippen LogP contribution in [-0.4, -0.2) is 23.8 Å². The molecule has 1 atom stereocenters. The predicted octanol–water partition coefficient (Wildman–Crippen LogP) is 2.07. The number of benzene rings is 1. The number of hydrogen-bond acceptors (Lipinski definition) is 2. The van der Waals surface area contributed by atoms with Crippen molar-refractivity contribution in [2.45, 2.75) is 38.6 Å². The number of aliphatic hydroxyl groups is 1. The molecular weight excluding hydrogens is 228 g/mol. The molecule has 0 heterocycles. The minimum atomic E-state index is -0.214. The van der Waals surface area contributed by atoms with Gasteiger partial charge in [-0.15, -0.1) is 0 Å². The second kappa shape index (κ2) is 5.87. The fourth-order valence-corrected chi connectivity index (χ4v) is 2.31. The van der Waals surface area contributed by atoms with Gasteiger partial charge in [0.2, 0.25) is 0 Å². The molecule has 0 aromatic heterocycles. The van der Waals surface area contributed by atoms with Gasteiger partial charge in [-0.1, -0.05) is 6.07 Å². The number of aliphatic hydroxyl groups excluding tert-OH is 1.